The second-order valence-corrected chi connectivity index (χ2v) is 3.84. The van der Waals surface area contributed by atoms with Crippen LogP contribution in [0.4, 0.5) is 5.69 Å². The fourth-order valence-electron chi connectivity index (χ4n) is 1.69. The fraction of sp³-hybridized carbons (Fsp3) is 0.0769. The first-order valence-corrected chi connectivity index (χ1v) is 5.43. The van der Waals surface area contributed by atoms with Gasteiger partial charge in [0, 0.05) is 11.6 Å². The number of methoxy groups -OCH3 is 1. The van der Waals surface area contributed by atoms with Crippen LogP contribution in [-0.4, -0.2) is 17.1 Å². The van der Waals surface area contributed by atoms with E-state index in [0.29, 0.717) is 22.8 Å². The summed E-state index contributed by atoms with van der Waals surface area (Å²) in [5, 5.41) is 0. The number of nitrogens with two attached hydrogens (primary N) is 1. The molecule has 0 aliphatic heterocycles. The second kappa shape index (κ2) is 4.03. The van der Waals surface area contributed by atoms with Gasteiger partial charge in [-0.05, 0) is 24.3 Å². The maximum absolute atomic E-state index is 5.64. The lowest BCUT2D eigenvalue weighted by Gasteiger charge is -1.99. The monoisotopic (exact) mass is 241 g/mol. The van der Waals surface area contributed by atoms with E-state index in [0.717, 1.165) is 11.3 Å². The van der Waals surface area contributed by atoms with Crippen LogP contribution in [0, 0.1) is 0 Å². The molecule has 2 aromatic heterocycles. The van der Waals surface area contributed by atoms with Crippen LogP contribution in [0.3, 0.4) is 0 Å². The molecule has 3 aromatic rings. The third-order valence-electron chi connectivity index (χ3n) is 2.61. The number of nitrogen functional groups attached to an aromatic ring is 1. The van der Waals surface area contributed by atoms with E-state index in [9.17, 15) is 0 Å². The van der Waals surface area contributed by atoms with Crippen molar-refractivity contribution in [2.45, 2.75) is 0 Å². The average molecular weight is 241 g/mol. The van der Waals surface area contributed by atoms with Crippen molar-refractivity contribution in [3.63, 3.8) is 0 Å². The number of benzene rings is 1. The molecular formula is C13H11N3O2. The number of rotatable bonds is 2. The molecular weight excluding hydrogens is 230 g/mol. The van der Waals surface area contributed by atoms with Crippen molar-refractivity contribution in [2.75, 3.05) is 12.8 Å². The summed E-state index contributed by atoms with van der Waals surface area (Å²) in [5.74, 6) is 1.31. The summed E-state index contributed by atoms with van der Waals surface area (Å²) in [7, 11) is 1.63. The van der Waals surface area contributed by atoms with Crippen LogP contribution in [0.5, 0.6) is 5.75 Å². The summed E-state index contributed by atoms with van der Waals surface area (Å²) in [6, 6.07) is 9.18. The van der Waals surface area contributed by atoms with E-state index in [1.54, 1.807) is 19.4 Å². The van der Waals surface area contributed by atoms with Crippen LogP contribution < -0.4 is 10.5 Å². The number of hydrogen-bond acceptors (Lipinski definition) is 5. The Kier molecular flexibility index (Phi) is 2.37. The van der Waals surface area contributed by atoms with E-state index in [1.165, 1.54) is 0 Å². The highest BCUT2D eigenvalue weighted by atomic mass is 16.5. The van der Waals surface area contributed by atoms with Crippen molar-refractivity contribution in [2.24, 2.45) is 0 Å². The number of pyridine rings is 1. The minimum atomic E-state index is 0.519. The van der Waals surface area contributed by atoms with Crippen molar-refractivity contribution in [3.8, 4) is 17.2 Å². The van der Waals surface area contributed by atoms with E-state index < -0.39 is 0 Å². The molecule has 3 rings (SSSR count). The first-order chi connectivity index (χ1) is 8.76. The Morgan fingerprint density at radius 2 is 2.00 bits per heavy atom. The van der Waals surface area contributed by atoms with E-state index in [2.05, 4.69) is 9.97 Å². The van der Waals surface area contributed by atoms with Gasteiger partial charge < -0.3 is 14.9 Å². The Bertz CT molecular complexity index is 689. The Labute approximate surface area is 103 Å². The molecule has 0 unspecified atom stereocenters. The molecule has 0 aliphatic carbocycles. The van der Waals surface area contributed by atoms with Gasteiger partial charge in [-0.1, -0.05) is 0 Å². The smallest absolute Gasteiger partial charge is 0.228 e. The number of anilines is 1. The molecule has 0 atom stereocenters. The molecule has 0 radical (unpaired) electrons. The molecule has 0 aliphatic rings. The molecule has 0 bridgehead atoms. The molecule has 5 nitrogen and oxygen atoms in total. The van der Waals surface area contributed by atoms with Crippen LogP contribution >= 0.6 is 0 Å². The van der Waals surface area contributed by atoms with Gasteiger partial charge in [0.15, 0.2) is 11.2 Å². The molecule has 1 aromatic carbocycles. The summed E-state index contributed by atoms with van der Waals surface area (Å²) < 4.78 is 10.7. The molecule has 2 heterocycles. The molecule has 18 heavy (non-hydrogen) atoms. The highest BCUT2D eigenvalue weighted by Crippen LogP contribution is 2.25. The standard InChI is InChI=1S/C13H11N3O2/c1-17-10-4-2-8(3-5-10)13-16-12-11(18-13)6-9(14)7-15-12/h2-7H,14H2,1H3. The normalized spacial score (nSPS) is 10.7. The summed E-state index contributed by atoms with van der Waals surface area (Å²) >= 11 is 0. The van der Waals surface area contributed by atoms with E-state index in [1.807, 2.05) is 24.3 Å². The van der Waals surface area contributed by atoms with E-state index in [-0.39, 0.29) is 0 Å². The average Bonchev–Trinajstić information content (AvgIpc) is 2.81. The zero-order chi connectivity index (χ0) is 12.5. The first-order valence-electron chi connectivity index (χ1n) is 5.43. The van der Waals surface area contributed by atoms with Gasteiger partial charge in [-0.2, -0.15) is 4.98 Å². The number of ether oxygens (including phenoxy) is 1. The number of nitrogens with zero attached hydrogens (tertiary/aromatic N) is 2. The molecule has 2 N–H and O–H groups in total. The minimum Gasteiger partial charge on any atom is -0.497 e. The van der Waals surface area contributed by atoms with Gasteiger partial charge in [-0.25, -0.2) is 4.98 Å². The lowest BCUT2D eigenvalue weighted by Crippen LogP contribution is -1.85. The summed E-state index contributed by atoms with van der Waals surface area (Å²) in [6.45, 7) is 0. The van der Waals surface area contributed by atoms with Gasteiger partial charge >= 0.3 is 0 Å². The lowest BCUT2D eigenvalue weighted by molar-refractivity contribution is 0.415. The van der Waals surface area contributed by atoms with Gasteiger partial charge in [-0.3, -0.25) is 0 Å². The van der Waals surface area contributed by atoms with Crippen molar-refractivity contribution < 1.29 is 9.15 Å². The van der Waals surface area contributed by atoms with Gasteiger partial charge in [0.1, 0.15) is 5.75 Å². The molecule has 90 valence electrons. The summed E-state index contributed by atoms with van der Waals surface area (Å²) in [4.78, 5) is 8.41. The van der Waals surface area contributed by atoms with Crippen LogP contribution in [0.2, 0.25) is 0 Å². The SMILES string of the molecule is COc1ccc(-c2nc3ncc(N)cc3o2)cc1. The van der Waals surface area contributed by atoms with Crippen LogP contribution in [0.25, 0.3) is 22.7 Å². The van der Waals surface area contributed by atoms with Gasteiger partial charge in [0.2, 0.25) is 5.89 Å². The summed E-state index contributed by atoms with van der Waals surface area (Å²) in [5.41, 5.74) is 8.20. The Morgan fingerprint density at radius 3 is 2.72 bits per heavy atom. The fourth-order valence-corrected chi connectivity index (χ4v) is 1.69. The molecule has 0 saturated carbocycles. The highest BCUT2D eigenvalue weighted by Gasteiger charge is 2.09. The van der Waals surface area contributed by atoms with Crippen molar-refractivity contribution in [3.05, 3.63) is 36.5 Å². The minimum absolute atomic E-state index is 0.519. The predicted molar refractivity (Wildman–Crippen MR) is 68.2 cm³/mol. The zero-order valence-electron chi connectivity index (χ0n) is 9.75. The van der Waals surface area contributed by atoms with Crippen LogP contribution in [0.15, 0.2) is 40.9 Å². The van der Waals surface area contributed by atoms with Crippen molar-refractivity contribution >= 4 is 16.9 Å². The molecule has 5 heteroatoms. The number of hydrogen-bond donors (Lipinski definition) is 1. The summed E-state index contributed by atoms with van der Waals surface area (Å²) in [6.07, 6.45) is 1.56. The van der Waals surface area contributed by atoms with Gasteiger partial charge in [0.25, 0.3) is 0 Å². The largest absolute Gasteiger partial charge is 0.497 e. The predicted octanol–water partition coefficient (Wildman–Crippen LogP) is 2.48. The Hall–Kier alpha value is -2.56. The second-order valence-electron chi connectivity index (χ2n) is 3.84. The zero-order valence-corrected chi connectivity index (χ0v) is 9.75. The maximum atomic E-state index is 5.64. The molecule has 0 amide bonds. The molecule has 0 saturated heterocycles. The maximum Gasteiger partial charge on any atom is 0.228 e. The van der Waals surface area contributed by atoms with E-state index in [4.69, 9.17) is 14.9 Å². The van der Waals surface area contributed by atoms with Gasteiger partial charge in [0.05, 0.1) is 19.0 Å². The number of oxazole rings is 1. The van der Waals surface area contributed by atoms with Crippen LogP contribution in [-0.2, 0) is 0 Å². The topological polar surface area (TPSA) is 74.2 Å². The third kappa shape index (κ3) is 1.75. The van der Waals surface area contributed by atoms with Gasteiger partial charge in [-0.15, -0.1) is 0 Å². The molecule has 0 spiro atoms. The third-order valence-corrected chi connectivity index (χ3v) is 2.61. The van der Waals surface area contributed by atoms with Crippen molar-refractivity contribution in [1.82, 2.24) is 9.97 Å². The quantitative estimate of drug-likeness (QED) is 0.746. The van der Waals surface area contributed by atoms with E-state index >= 15 is 0 Å². The lowest BCUT2D eigenvalue weighted by atomic mass is 10.2. The highest BCUT2D eigenvalue weighted by molar-refractivity contribution is 5.75. The first kappa shape index (κ1) is 10.6. The Balaban J connectivity index is 2.07. The van der Waals surface area contributed by atoms with Crippen molar-refractivity contribution in [1.29, 1.82) is 0 Å². The Morgan fingerprint density at radius 1 is 1.22 bits per heavy atom. The van der Waals surface area contributed by atoms with Crippen LogP contribution in [0.1, 0.15) is 0 Å². The molecule has 0 fully saturated rings. The number of fused-ring (bicyclic) bond motifs is 1. The number of aromatic nitrogens is 2.